The van der Waals surface area contributed by atoms with Crippen LogP contribution in [0.4, 0.5) is 5.69 Å². The molecule has 1 atom stereocenters. The zero-order valence-corrected chi connectivity index (χ0v) is 10.7. The van der Waals surface area contributed by atoms with Gasteiger partial charge in [0, 0.05) is 11.6 Å². The van der Waals surface area contributed by atoms with Crippen LogP contribution in [0.3, 0.4) is 0 Å². The molecule has 0 amide bonds. The van der Waals surface area contributed by atoms with Crippen LogP contribution in [0.1, 0.15) is 43.5 Å². The van der Waals surface area contributed by atoms with Crippen molar-refractivity contribution in [2.75, 3.05) is 5.73 Å². The van der Waals surface area contributed by atoms with Gasteiger partial charge in [0.15, 0.2) is 5.82 Å². The molecule has 0 aliphatic heterocycles. The number of nitrogens with two attached hydrogens (primary N) is 1. The van der Waals surface area contributed by atoms with Gasteiger partial charge in [-0.1, -0.05) is 31.1 Å². The monoisotopic (exact) mass is 243 g/mol. The Morgan fingerprint density at radius 2 is 2.00 bits per heavy atom. The van der Waals surface area contributed by atoms with Crippen molar-refractivity contribution in [3.8, 4) is 0 Å². The average Bonchev–Trinajstić information content (AvgIpc) is 2.75. The lowest BCUT2D eigenvalue weighted by Gasteiger charge is -1.97. The van der Waals surface area contributed by atoms with Crippen molar-refractivity contribution in [3.63, 3.8) is 0 Å². The third kappa shape index (κ3) is 2.10. The summed E-state index contributed by atoms with van der Waals surface area (Å²) in [5.41, 5.74) is 7.89. The highest BCUT2D eigenvalue weighted by Crippen LogP contribution is 2.57. The lowest BCUT2D eigenvalue weighted by atomic mass is 10.1. The van der Waals surface area contributed by atoms with Crippen LogP contribution in [-0.2, 0) is 6.42 Å². The molecule has 1 saturated carbocycles. The topological polar surface area (TPSA) is 64.9 Å². The number of nitrogen functional groups attached to an aromatic ring is 1. The van der Waals surface area contributed by atoms with E-state index in [9.17, 15) is 0 Å². The van der Waals surface area contributed by atoms with E-state index < -0.39 is 0 Å². The summed E-state index contributed by atoms with van der Waals surface area (Å²) >= 11 is 0. The van der Waals surface area contributed by atoms with Gasteiger partial charge in [-0.15, -0.1) is 0 Å². The summed E-state index contributed by atoms with van der Waals surface area (Å²) in [7, 11) is 0. The van der Waals surface area contributed by atoms with Crippen LogP contribution >= 0.6 is 0 Å². The predicted octanol–water partition coefficient (Wildman–Crippen LogP) is 2.76. The Hall–Kier alpha value is -1.84. The van der Waals surface area contributed by atoms with Crippen molar-refractivity contribution in [2.45, 2.75) is 32.6 Å². The molecule has 0 spiro atoms. The fourth-order valence-corrected chi connectivity index (χ4v) is 2.20. The molecule has 1 fully saturated rings. The first-order chi connectivity index (χ1) is 8.54. The molecule has 0 radical (unpaired) electrons. The highest BCUT2D eigenvalue weighted by molar-refractivity contribution is 5.39. The zero-order chi connectivity index (χ0) is 12.8. The van der Waals surface area contributed by atoms with Crippen LogP contribution in [0.25, 0.3) is 0 Å². The summed E-state index contributed by atoms with van der Waals surface area (Å²) in [6, 6.07) is 7.74. The molecule has 1 heterocycles. The van der Waals surface area contributed by atoms with Crippen LogP contribution in [-0.4, -0.2) is 10.1 Å². The molecule has 0 bridgehead atoms. The molecule has 94 valence electrons. The maximum Gasteiger partial charge on any atom is 0.231 e. The predicted molar refractivity (Wildman–Crippen MR) is 69.1 cm³/mol. The van der Waals surface area contributed by atoms with Crippen molar-refractivity contribution in [1.29, 1.82) is 0 Å². The second-order valence-electron chi connectivity index (χ2n) is 5.71. The number of nitrogens with zero attached hydrogens (tertiary/aromatic N) is 2. The van der Waals surface area contributed by atoms with Gasteiger partial charge in [-0.2, -0.15) is 4.98 Å². The molecule has 1 aromatic carbocycles. The first-order valence-electron chi connectivity index (χ1n) is 6.21. The maximum atomic E-state index is 5.65. The van der Waals surface area contributed by atoms with E-state index in [4.69, 9.17) is 10.3 Å². The maximum absolute atomic E-state index is 5.65. The Morgan fingerprint density at radius 3 is 2.61 bits per heavy atom. The number of aromatic nitrogens is 2. The zero-order valence-electron chi connectivity index (χ0n) is 10.7. The standard InChI is InChI=1S/C14H17N3O/c1-14(2)8-11(14)13-16-12(18-17-13)7-9-3-5-10(15)6-4-9/h3-6,11H,7-8,15H2,1-2H3. The van der Waals surface area contributed by atoms with E-state index in [1.165, 1.54) is 0 Å². The lowest BCUT2D eigenvalue weighted by molar-refractivity contribution is 0.377. The van der Waals surface area contributed by atoms with Crippen LogP contribution < -0.4 is 5.73 Å². The second-order valence-corrected chi connectivity index (χ2v) is 5.71. The minimum Gasteiger partial charge on any atom is -0.399 e. The van der Waals surface area contributed by atoms with Gasteiger partial charge in [0.25, 0.3) is 0 Å². The van der Waals surface area contributed by atoms with E-state index in [0.717, 1.165) is 23.5 Å². The molecule has 1 unspecified atom stereocenters. The van der Waals surface area contributed by atoms with Gasteiger partial charge >= 0.3 is 0 Å². The number of rotatable bonds is 3. The van der Waals surface area contributed by atoms with E-state index in [1.807, 2.05) is 24.3 Å². The minimum atomic E-state index is 0.336. The fourth-order valence-electron chi connectivity index (χ4n) is 2.20. The van der Waals surface area contributed by atoms with Gasteiger partial charge in [-0.25, -0.2) is 0 Å². The van der Waals surface area contributed by atoms with Crippen molar-refractivity contribution >= 4 is 5.69 Å². The molecule has 3 rings (SSSR count). The van der Waals surface area contributed by atoms with Crippen molar-refractivity contribution in [1.82, 2.24) is 10.1 Å². The first kappa shape index (κ1) is 11.3. The van der Waals surface area contributed by atoms with Crippen LogP contribution in [0.5, 0.6) is 0 Å². The van der Waals surface area contributed by atoms with Crippen LogP contribution in [0.2, 0.25) is 0 Å². The molecule has 1 aromatic heterocycles. The Labute approximate surface area is 106 Å². The summed E-state index contributed by atoms with van der Waals surface area (Å²) in [6.07, 6.45) is 1.81. The highest BCUT2D eigenvalue weighted by Gasteiger charge is 2.49. The smallest absolute Gasteiger partial charge is 0.231 e. The van der Waals surface area contributed by atoms with Crippen LogP contribution in [0, 0.1) is 5.41 Å². The largest absolute Gasteiger partial charge is 0.399 e. The molecule has 18 heavy (non-hydrogen) atoms. The summed E-state index contributed by atoms with van der Waals surface area (Å²) < 4.78 is 5.30. The summed E-state index contributed by atoms with van der Waals surface area (Å²) in [6.45, 7) is 4.46. The Bertz CT molecular complexity index is 557. The summed E-state index contributed by atoms with van der Waals surface area (Å²) in [5.74, 6) is 1.99. The van der Waals surface area contributed by atoms with E-state index in [-0.39, 0.29) is 0 Å². The number of hydrogen-bond donors (Lipinski definition) is 1. The average molecular weight is 243 g/mol. The third-order valence-electron chi connectivity index (χ3n) is 3.64. The van der Waals surface area contributed by atoms with Crippen molar-refractivity contribution < 1.29 is 4.52 Å². The Balaban J connectivity index is 1.72. The SMILES string of the molecule is CC1(C)CC1c1noc(Cc2ccc(N)cc2)n1. The van der Waals surface area contributed by atoms with Gasteiger partial charge in [-0.3, -0.25) is 0 Å². The molecule has 2 N–H and O–H groups in total. The van der Waals surface area contributed by atoms with Gasteiger partial charge in [0.2, 0.25) is 5.89 Å². The molecular formula is C14H17N3O. The highest BCUT2D eigenvalue weighted by atomic mass is 16.5. The second kappa shape index (κ2) is 3.83. The molecule has 4 heteroatoms. The molecule has 4 nitrogen and oxygen atoms in total. The third-order valence-corrected chi connectivity index (χ3v) is 3.64. The van der Waals surface area contributed by atoms with Gasteiger partial charge in [0.05, 0.1) is 6.42 Å². The number of hydrogen-bond acceptors (Lipinski definition) is 4. The van der Waals surface area contributed by atoms with Gasteiger partial charge in [0.1, 0.15) is 0 Å². The molecule has 1 aliphatic rings. The van der Waals surface area contributed by atoms with E-state index in [0.29, 0.717) is 23.6 Å². The fraction of sp³-hybridized carbons (Fsp3) is 0.429. The van der Waals surface area contributed by atoms with Crippen LogP contribution in [0.15, 0.2) is 28.8 Å². The Morgan fingerprint density at radius 1 is 1.33 bits per heavy atom. The Kier molecular flexibility index (Phi) is 2.40. The molecular weight excluding hydrogens is 226 g/mol. The lowest BCUT2D eigenvalue weighted by Crippen LogP contribution is -1.93. The number of benzene rings is 1. The molecule has 0 saturated heterocycles. The van der Waals surface area contributed by atoms with Crippen molar-refractivity contribution in [2.24, 2.45) is 5.41 Å². The molecule has 2 aromatic rings. The summed E-state index contributed by atoms with van der Waals surface area (Å²) in [5, 5.41) is 4.08. The normalized spacial score (nSPS) is 20.9. The van der Waals surface area contributed by atoms with Gasteiger partial charge < -0.3 is 10.3 Å². The number of anilines is 1. The minimum absolute atomic E-state index is 0.336. The molecule has 1 aliphatic carbocycles. The quantitative estimate of drug-likeness (QED) is 0.842. The van der Waals surface area contributed by atoms with E-state index in [1.54, 1.807) is 0 Å². The summed E-state index contributed by atoms with van der Waals surface area (Å²) in [4.78, 5) is 4.48. The van der Waals surface area contributed by atoms with Gasteiger partial charge in [-0.05, 0) is 29.5 Å². The van der Waals surface area contributed by atoms with E-state index >= 15 is 0 Å². The first-order valence-corrected chi connectivity index (χ1v) is 6.21. The van der Waals surface area contributed by atoms with E-state index in [2.05, 4.69) is 24.0 Å². The van der Waals surface area contributed by atoms with Crippen molar-refractivity contribution in [3.05, 3.63) is 41.5 Å².